The molecule has 0 unspecified atom stereocenters. The summed E-state index contributed by atoms with van der Waals surface area (Å²) in [5, 5.41) is 4.01. The van der Waals surface area contributed by atoms with E-state index in [-0.39, 0.29) is 11.5 Å². The van der Waals surface area contributed by atoms with Crippen molar-refractivity contribution in [2.24, 2.45) is 0 Å². The van der Waals surface area contributed by atoms with Crippen molar-refractivity contribution in [3.63, 3.8) is 0 Å². The lowest BCUT2D eigenvalue weighted by molar-refractivity contribution is 0.102. The predicted octanol–water partition coefficient (Wildman–Crippen LogP) is 5.54. The smallest absolute Gasteiger partial charge is 0.266 e. The maximum absolute atomic E-state index is 13.1. The first kappa shape index (κ1) is 23.8. The number of fused-ring (bicyclic) bond motifs is 1. The number of ether oxygens (including phenoxy) is 2. The van der Waals surface area contributed by atoms with Gasteiger partial charge >= 0.3 is 0 Å². The Kier molecular flexibility index (Phi) is 7.49. The van der Waals surface area contributed by atoms with Gasteiger partial charge in [-0.05, 0) is 61.7 Å². The van der Waals surface area contributed by atoms with Crippen LogP contribution in [-0.2, 0) is 6.54 Å². The van der Waals surface area contributed by atoms with Crippen LogP contribution in [0.4, 0.5) is 5.69 Å². The van der Waals surface area contributed by atoms with Crippen LogP contribution in [0.5, 0.6) is 11.5 Å². The molecule has 7 nitrogen and oxygen atoms in total. The number of aryl methyl sites for hydroxylation is 2. The fourth-order valence-corrected chi connectivity index (χ4v) is 4.73. The summed E-state index contributed by atoms with van der Waals surface area (Å²) in [7, 11) is 1.55. The van der Waals surface area contributed by atoms with Gasteiger partial charge in [0.25, 0.3) is 11.5 Å². The number of nitrogens with zero attached hydrogens (tertiary/aromatic N) is 2. The van der Waals surface area contributed by atoms with Crippen molar-refractivity contribution in [2.45, 2.75) is 26.3 Å². The van der Waals surface area contributed by atoms with Crippen LogP contribution in [0.25, 0.3) is 10.2 Å². The van der Waals surface area contributed by atoms with Gasteiger partial charge in [-0.1, -0.05) is 23.7 Å². The molecule has 1 N–H and O–H groups in total. The third-order valence-corrected chi connectivity index (χ3v) is 6.80. The number of hydrogen-bond acceptors (Lipinski definition) is 6. The number of halogens is 1. The van der Waals surface area contributed by atoms with Crippen LogP contribution in [0.2, 0.25) is 5.02 Å². The number of para-hydroxylation sites is 2. The zero-order valence-corrected chi connectivity index (χ0v) is 20.4. The predicted molar refractivity (Wildman–Crippen MR) is 136 cm³/mol. The van der Waals surface area contributed by atoms with E-state index in [1.165, 1.54) is 11.3 Å². The number of benzene rings is 2. The first-order valence-electron chi connectivity index (χ1n) is 10.8. The van der Waals surface area contributed by atoms with Gasteiger partial charge in [0.2, 0.25) is 0 Å². The molecule has 0 aliphatic carbocycles. The molecule has 0 bridgehead atoms. The zero-order valence-electron chi connectivity index (χ0n) is 18.8. The molecule has 2 aromatic carbocycles. The molecule has 0 saturated heterocycles. The minimum atomic E-state index is -0.296. The number of carbonyl (C=O) groups excluding carboxylic acids is 1. The summed E-state index contributed by atoms with van der Waals surface area (Å²) in [6, 6.07) is 14.4. The van der Waals surface area contributed by atoms with Gasteiger partial charge in [-0.2, -0.15) is 0 Å². The van der Waals surface area contributed by atoms with E-state index in [2.05, 4.69) is 10.3 Å². The number of unbranched alkanes of at least 4 members (excludes halogenated alkanes) is 1. The molecule has 0 radical (unpaired) electrons. The first-order chi connectivity index (χ1) is 16.5. The Hall–Kier alpha value is -3.36. The van der Waals surface area contributed by atoms with Gasteiger partial charge < -0.3 is 14.8 Å². The monoisotopic (exact) mass is 497 g/mol. The maximum Gasteiger partial charge on any atom is 0.266 e. The average Bonchev–Trinajstić information content (AvgIpc) is 3.19. The molecule has 1 amide bonds. The lowest BCUT2D eigenvalue weighted by Crippen LogP contribution is -2.21. The molecule has 9 heteroatoms. The maximum atomic E-state index is 13.1. The van der Waals surface area contributed by atoms with Crippen LogP contribution < -0.4 is 20.3 Å². The fraction of sp³-hybridized carbons (Fsp3) is 0.240. The Morgan fingerprint density at radius 1 is 1.15 bits per heavy atom. The van der Waals surface area contributed by atoms with Crippen LogP contribution in [0.1, 0.15) is 28.1 Å². The Balaban J connectivity index is 1.43. The largest absolute Gasteiger partial charge is 0.495 e. The topological polar surface area (TPSA) is 82.4 Å². The van der Waals surface area contributed by atoms with Gasteiger partial charge in [-0.15, -0.1) is 11.3 Å². The second kappa shape index (κ2) is 10.7. The number of hydrogen-bond donors (Lipinski definition) is 1. The third kappa shape index (κ3) is 5.24. The molecule has 0 fully saturated rings. The van der Waals surface area contributed by atoms with Crippen molar-refractivity contribution in [2.75, 3.05) is 19.0 Å². The fourth-order valence-electron chi connectivity index (χ4n) is 3.57. The molecule has 0 aliphatic heterocycles. The minimum Gasteiger partial charge on any atom is -0.495 e. The Morgan fingerprint density at radius 3 is 2.68 bits per heavy atom. The quantitative estimate of drug-likeness (QED) is 0.307. The number of aromatic nitrogens is 2. The van der Waals surface area contributed by atoms with Crippen molar-refractivity contribution < 1.29 is 14.3 Å². The minimum absolute atomic E-state index is 0.145. The van der Waals surface area contributed by atoms with Gasteiger partial charge in [0.15, 0.2) is 0 Å². The van der Waals surface area contributed by atoms with E-state index in [1.54, 1.807) is 49.2 Å². The van der Waals surface area contributed by atoms with Crippen LogP contribution in [0, 0.1) is 6.92 Å². The standard InChI is InChI=1S/C25H24ClN3O4S/c1-16-21-24(34-22(16)23(30)28-19-7-3-4-8-20(19)32-2)27-15-29(25(21)31)13-5-6-14-33-18-11-9-17(26)10-12-18/h3-4,7-12,15H,5-6,13-14H2,1-2H3,(H,28,30). The summed E-state index contributed by atoms with van der Waals surface area (Å²) < 4.78 is 12.6. The highest BCUT2D eigenvalue weighted by molar-refractivity contribution is 7.20. The van der Waals surface area contributed by atoms with Crippen molar-refractivity contribution >= 4 is 44.7 Å². The first-order valence-corrected chi connectivity index (χ1v) is 12.0. The lowest BCUT2D eigenvalue weighted by Gasteiger charge is -2.09. The summed E-state index contributed by atoms with van der Waals surface area (Å²) in [6.45, 7) is 2.84. The van der Waals surface area contributed by atoms with Crippen LogP contribution in [0.3, 0.4) is 0 Å². The van der Waals surface area contributed by atoms with Crippen molar-refractivity contribution in [1.29, 1.82) is 0 Å². The molecule has 0 aliphatic rings. The molecule has 0 atom stereocenters. The number of rotatable bonds is 9. The summed E-state index contributed by atoms with van der Waals surface area (Å²) in [5.74, 6) is 1.03. The van der Waals surface area contributed by atoms with E-state index >= 15 is 0 Å². The highest BCUT2D eigenvalue weighted by atomic mass is 35.5. The normalized spacial score (nSPS) is 10.9. The van der Waals surface area contributed by atoms with Gasteiger partial charge in [-0.25, -0.2) is 4.98 Å². The molecule has 34 heavy (non-hydrogen) atoms. The number of amides is 1. The average molecular weight is 498 g/mol. The number of methoxy groups -OCH3 is 1. The number of anilines is 1. The zero-order chi connectivity index (χ0) is 24.1. The van der Waals surface area contributed by atoms with E-state index in [4.69, 9.17) is 21.1 Å². The molecule has 2 heterocycles. The summed E-state index contributed by atoms with van der Waals surface area (Å²) >= 11 is 7.09. The van der Waals surface area contributed by atoms with Crippen molar-refractivity contribution in [1.82, 2.24) is 9.55 Å². The van der Waals surface area contributed by atoms with Gasteiger partial charge in [0, 0.05) is 11.6 Å². The summed E-state index contributed by atoms with van der Waals surface area (Å²) in [4.78, 5) is 31.5. The van der Waals surface area contributed by atoms with E-state index in [0.717, 1.165) is 18.6 Å². The van der Waals surface area contributed by atoms with Gasteiger partial charge in [0.05, 0.1) is 36.0 Å². The second-order valence-electron chi connectivity index (χ2n) is 7.64. The summed E-state index contributed by atoms with van der Waals surface area (Å²) in [5.41, 5.74) is 1.05. The Morgan fingerprint density at radius 2 is 1.91 bits per heavy atom. The lowest BCUT2D eigenvalue weighted by atomic mass is 10.2. The molecular formula is C25H24ClN3O4S. The van der Waals surface area contributed by atoms with E-state index < -0.39 is 0 Å². The molecule has 2 aromatic heterocycles. The van der Waals surface area contributed by atoms with E-state index in [0.29, 0.717) is 50.3 Å². The van der Waals surface area contributed by atoms with Crippen LogP contribution in [0.15, 0.2) is 59.7 Å². The molecule has 0 spiro atoms. The highest BCUT2D eigenvalue weighted by Gasteiger charge is 2.20. The van der Waals surface area contributed by atoms with Crippen molar-refractivity contribution in [3.05, 3.63) is 80.7 Å². The van der Waals surface area contributed by atoms with Crippen LogP contribution >= 0.6 is 22.9 Å². The SMILES string of the molecule is COc1ccccc1NC(=O)c1sc2ncn(CCCCOc3ccc(Cl)cc3)c(=O)c2c1C. The number of carbonyl (C=O) groups is 1. The summed E-state index contributed by atoms with van der Waals surface area (Å²) in [6.07, 6.45) is 3.08. The Labute approximate surface area is 205 Å². The van der Waals surface area contributed by atoms with Crippen molar-refractivity contribution in [3.8, 4) is 11.5 Å². The Bertz CT molecular complexity index is 1370. The van der Waals surface area contributed by atoms with E-state index in [9.17, 15) is 9.59 Å². The highest BCUT2D eigenvalue weighted by Crippen LogP contribution is 2.29. The molecular weight excluding hydrogens is 474 g/mol. The van der Waals surface area contributed by atoms with Gasteiger partial charge in [-0.3, -0.25) is 14.2 Å². The molecule has 176 valence electrons. The number of thiophene rings is 1. The van der Waals surface area contributed by atoms with Crippen LogP contribution in [-0.4, -0.2) is 29.2 Å². The third-order valence-electron chi connectivity index (χ3n) is 5.35. The second-order valence-corrected chi connectivity index (χ2v) is 9.08. The molecule has 4 rings (SSSR count). The molecule has 4 aromatic rings. The van der Waals surface area contributed by atoms with Gasteiger partial charge in [0.1, 0.15) is 16.3 Å². The number of nitrogens with one attached hydrogen (secondary N) is 1. The van der Waals surface area contributed by atoms with E-state index in [1.807, 2.05) is 24.3 Å². The molecule has 0 saturated carbocycles.